The molecule has 22 heavy (non-hydrogen) atoms. The molecule has 3 nitrogen and oxygen atoms in total. The lowest BCUT2D eigenvalue weighted by Crippen LogP contribution is -2.25. The van der Waals surface area contributed by atoms with Crippen molar-refractivity contribution in [3.05, 3.63) is 65.7 Å². The normalized spacial score (nSPS) is 10.5. The Kier molecular flexibility index (Phi) is 6.01. The SMILES string of the molecule is CC(C)CCNC(=O)c1ccc(OCc2ccccc2)cc1. The zero-order valence-electron chi connectivity index (χ0n) is 13.2. The van der Waals surface area contributed by atoms with Gasteiger partial charge < -0.3 is 10.1 Å². The molecule has 0 atom stereocenters. The molecular weight excluding hydrogens is 274 g/mol. The van der Waals surface area contributed by atoms with E-state index in [2.05, 4.69) is 19.2 Å². The fraction of sp³-hybridized carbons (Fsp3) is 0.316. The third kappa shape index (κ3) is 5.24. The summed E-state index contributed by atoms with van der Waals surface area (Å²) in [7, 11) is 0. The summed E-state index contributed by atoms with van der Waals surface area (Å²) in [6.07, 6.45) is 0.990. The maximum Gasteiger partial charge on any atom is 0.251 e. The fourth-order valence-corrected chi connectivity index (χ4v) is 2.02. The van der Waals surface area contributed by atoms with Gasteiger partial charge in [0.15, 0.2) is 0 Å². The van der Waals surface area contributed by atoms with Gasteiger partial charge in [-0.1, -0.05) is 44.2 Å². The van der Waals surface area contributed by atoms with E-state index in [0.717, 1.165) is 17.7 Å². The average Bonchev–Trinajstić information content (AvgIpc) is 2.54. The van der Waals surface area contributed by atoms with Crippen LogP contribution in [0, 0.1) is 5.92 Å². The number of carbonyl (C=O) groups excluding carboxylic acids is 1. The van der Waals surface area contributed by atoms with Crippen LogP contribution in [0.5, 0.6) is 5.75 Å². The van der Waals surface area contributed by atoms with Crippen molar-refractivity contribution in [2.75, 3.05) is 6.54 Å². The van der Waals surface area contributed by atoms with Crippen LogP contribution in [0.1, 0.15) is 36.2 Å². The Labute approximate surface area is 132 Å². The molecule has 0 spiro atoms. The smallest absolute Gasteiger partial charge is 0.251 e. The largest absolute Gasteiger partial charge is 0.489 e. The van der Waals surface area contributed by atoms with Gasteiger partial charge in [-0.3, -0.25) is 4.79 Å². The van der Waals surface area contributed by atoms with Gasteiger partial charge in [-0.05, 0) is 42.2 Å². The standard InChI is InChI=1S/C19H23NO2/c1-15(2)12-13-20-19(21)17-8-10-18(11-9-17)22-14-16-6-4-3-5-7-16/h3-11,15H,12-14H2,1-2H3,(H,20,21). The summed E-state index contributed by atoms with van der Waals surface area (Å²) < 4.78 is 5.71. The van der Waals surface area contributed by atoms with Crippen LogP contribution in [-0.2, 0) is 6.61 Å². The van der Waals surface area contributed by atoms with E-state index in [0.29, 0.717) is 24.6 Å². The lowest BCUT2D eigenvalue weighted by molar-refractivity contribution is 0.0952. The van der Waals surface area contributed by atoms with Crippen LogP contribution >= 0.6 is 0 Å². The molecule has 2 aromatic rings. The lowest BCUT2D eigenvalue weighted by atomic mass is 10.1. The van der Waals surface area contributed by atoms with Crippen LogP contribution in [0.3, 0.4) is 0 Å². The minimum atomic E-state index is -0.0322. The number of rotatable bonds is 7. The molecular formula is C19H23NO2. The molecule has 2 aromatic carbocycles. The molecule has 0 bridgehead atoms. The first-order chi connectivity index (χ1) is 10.6. The topological polar surface area (TPSA) is 38.3 Å². The van der Waals surface area contributed by atoms with Crippen molar-refractivity contribution in [2.24, 2.45) is 5.92 Å². The minimum Gasteiger partial charge on any atom is -0.489 e. The van der Waals surface area contributed by atoms with Gasteiger partial charge in [-0.15, -0.1) is 0 Å². The number of nitrogens with one attached hydrogen (secondary N) is 1. The lowest BCUT2D eigenvalue weighted by Gasteiger charge is -2.09. The monoisotopic (exact) mass is 297 g/mol. The van der Waals surface area contributed by atoms with Gasteiger partial charge in [-0.2, -0.15) is 0 Å². The molecule has 1 amide bonds. The van der Waals surface area contributed by atoms with E-state index in [9.17, 15) is 4.79 Å². The second-order valence-electron chi connectivity index (χ2n) is 5.74. The van der Waals surface area contributed by atoms with Gasteiger partial charge in [0.25, 0.3) is 5.91 Å². The molecule has 3 heteroatoms. The Balaban J connectivity index is 1.83. The molecule has 0 heterocycles. The summed E-state index contributed by atoms with van der Waals surface area (Å²) in [5.41, 5.74) is 1.79. The summed E-state index contributed by atoms with van der Waals surface area (Å²) in [5, 5.41) is 2.93. The van der Waals surface area contributed by atoms with E-state index < -0.39 is 0 Å². The molecule has 0 radical (unpaired) electrons. The van der Waals surface area contributed by atoms with Crippen LogP contribution in [0.15, 0.2) is 54.6 Å². The van der Waals surface area contributed by atoms with Crippen molar-refractivity contribution in [3.63, 3.8) is 0 Å². The molecule has 0 aliphatic heterocycles. The van der Waals surface area contributed by atoms with Crippen LogP contribution < -0.4 is 10.1 Å². The first-order valence-electron chi connectivity index (χ1n) is 7.70. The molecule has 1 N–H and O–H groups in total. The summed E-state index contributed by atoms with van der Waals surface area (Å²) in [5.74, 6) is 1.33. The van der Waals surface area contributed by atoms with E-state index in [4.69, 9.17) is 4.74 Å². The number of hydrogen-bond acceptors (Lipinski definition) is 2. The highest BCUT2D eigenvalue weighted by molar-refractivity contribution is 5.94. The fourth-order valence-electron chi connectivity index (χ4n) is 2.02. The molecule has 0 saturated carbocycles. The first kappa shape index (κ1) is 16.1. The molecule has 0 aliphatic carbocycles. The van der Waals surface area contributed by atoms with Crippen LogP contribution in [0.4, 0.5) is 0 Å². The summed E-state index contributed by atoms with van der Waals surface area (Å²) >= 11 is 0. The van der Waals surface area contributed by atoms with Crippen LogP contribution in [0.25, 0.3) is 0 Å². The quantitative estimate of drug-likeness (QED) is 0.837. The predicted octanol–water partition coefficient (Wildman–Crippen LogP) is 4.04. The highest BCUT2D eigenvalue weighted by atomic mass is 16.5. The van der Waals surface area contributed by atoms with E-state index in [1.807, 2.05) is 42.5 Å². The van der Waals surface area contributed by atoms with Crippen LogP contribution in [0.2, 0.25) is 0 Å². The molecule has 2 rings (SSSR count). The minimum absolute atomic E-state index is 0.0322. The molecule has 0 saturated heterocycles. The third-order valence-electron chi connectivity index (χ3n) is 3.37. The van der Waals surface area contributed by atoms with Crippen molar-refractivity contribution >= 4 is 5.91 Å². The predicted molar refractivity (Wildman–Crippen MR) is 89.0 cm³/mol. The van der Waals surface area contributed by atoms with Crippen molar-refractivity contribution in [2.45, 2.75) is 26.9 Å². The number of ether oxygens (including phenoxy) is 1. The third-order valence-corrected chi connectivity index (χ3v) is 3.37. The Morgan fingerprint density at radius 3 is 2.36 bits per heavy atom. The van der Waals surface area contributed by atoms with Crippen molar-refractivity contribution < 1.29 is 9.53 Å². The van der Waals surface area contributed by atoms with Gasteiger partial charge in [0.05, 0.1) is 0 Å². The molecule has 0 aromatic heterocycles. The van der Waals surface area contributed by atoms with Gasteiger partial charge in [-0.25, -0.2) is 0 Å². The number of amides is 1. The maximum atomic E-state index is 12.0. The maximum absolute atomic E-state index is 12.0. The van der Waals surface area contributed by atoms with E-state index >= 15 is 0 Å². The Hall–Kier alpha value is -2.29. The molecule has 0 fully saturated rings. The molecule has 0 aliphatic rings. The van der Waals surface area contributed by atoms with Gasteiger partial charge in [0.2, 0.25) is 0 Å². The first-order valence-corrected chi connectivity index (χ1v) is 7.70. The van der Waals surface area contributed by atoms with Crippen molar-refractivity contribution in [1.29, 1.82) is 0 Å². The van der Waals surface area contributed by atoms with Crippen molar-refractivity contribution in [3.8, 4) is 5.75 Å². The molecule has 116 valence electrons. The second-order valence-corrected chi connectivity index (χ2v) is 5.74. The Morgan fingerprint density at radius 1 is 1.05 bits per heavy atom. The van der Waals surface area contributed by atoms with E-state index in [1.165, 1.54) is 0 Å². The number of hydrogen-bond donors (Lipinski definition) is 1. The Morgan fingerprint density at radius 2 is 1.73 bits per heavy atom. The average molecular weight is 297 g/mol. The van der Waals surface area contributed by atoms with Crippen LogP contribution in [-0.4, -0.2) is 12.5 Å². The highest BCUT2D eigenvalue weighted by Gasteiger charge is 2.05. The van der Waals surface area contributed by atoms with Crippen molar-refractivity contribution in [1.82, 2.24) is 5.32 Å². The summed E-state index contributed by atoms with van der Waals surface area (Å²) in [4.78, 5) is 12.0. The summed E-state index contributed by atoms with van der Waals surface area (Å²) in [6.45, 7) is 5.53. The second kappa shape index (κ2) is 8.23. The van der Waals surface area contributed by atoms with Gasteiger partial charge in [0, 0.05) is 12.1 Å². The highest BCUT2D eigenvalue weighted by Crippen LogP contribution is 2.14. The summed E-state index contributed by atoms with van der Waals surface area (Å²) in [6, 6.07) is 17.3. The van der Waals surface area contributed by atoms with Gasteiger partial charge >= 0.3 is 0 Å². The zero-order valence-corrected chi connectivity index (χ0v) is 13.2. The molecule has 0 unspecified atom stereocenters. The van der Waals surface area contributed by atoms with E-state index in [1.54, 1.807) is 12.1 Å². The van der Waals surface area contributed by atoms with E-state index in [-0.39, 0.29) is 5.91 Å². The van der Waals surface area contributed by atoms with Gasteiger partial charge in [0.1, 0.15) is 12.4 Å². The number of benzene rings is 2. The number of carbonyl (C=O) groups is 1. The zero-order chi connectivity index (χ0) is 15.8. The Bertz CT molecular complexity index is 576.